The van der Waals surface area contributed by atoms with Crippen LogP contribution in [0.4, 0.5) is 0 Å². The number of benzene rings is 1. The SMILES string of the molecule is Cc1ccccc1CN(CC1CCCN1)C(C)C. The molecule has 1 aromatic rings. The highest BCUT2D eigenvalue weighted by Crippen LogP contribution is 2.15. The first-order valence-corrected chi connectivity index (χ1v) is 7.18. The van der Waals surface area contributed by atoms with Crippen LogP contribution in [0.25, 0.3) is 0 Å². The van der Waals surface area contributed by atoms with E-state index in [-0.39, 0.29) is 0 Å². The van der Waals surface area contributed by atoms with Crippen LogP contribution in [-0.2, 0) is 6.54 Å². The summed E-state index contributed by atoms with van der Waals surface area (Å²) < 4.78 is 0. The monoisotopic (exact) mass is 246 g/mol. The Labute approximate surface area is 111 Å². The Morgan fingerprint density at radius 1 is 1.33 bits per heavy atom. The molecule has 2 heteroatoms. The van der Waals surface area contributed by atoms with Crippen molar-refractivity contribution in [1.29, 1.82) is 0 Å². The van der Waals surface area contributed by atoms with Crippen molar-refractivity contribution in [2.45, 2.75) is 52.2 Å². The maximum absolute atomic E-state index is 3.60. The highest BCUT2D eigenvalue weighted by Gasteiger charge is 2.19. The molecule has 1 aliphatic heterocycles. The van der Waals surface area contributed by atoms with E-state index in [9.17, 15) is 0 Å². The highest BCUT2D eigenvalue weighted by atomic mass is 15.2. The van der Waals surface area contributed by atoms with Gasteiger partial charge in [0.2, 0.25) is 0 Å². The molecule has 0 amide bonds. The first-order chi connectivity index (χ1) is 8.66. The van der Waals surface area contributed by atoms with Crippen LogP contribution in [0.5, 0.6) is 0 Å². The third-order valence-electron chi connectivity index (χ3n) is 3.98. The van der Waals surface area contributed by atoms with E-state index in [0.717, 1.165) is 6.54 Å². The molecular weight excluding hydrogens is 220 g/mol. The van der Waals surface area contributed by atoms with Crippen molar-refractivity contribution < 1.29 is 0 Å². The first-order valence-electron chi connectivity index (χ1n) is 7.18. The smallest absolute Gasteiger partial charge is 0.0239 e. The lowest BCUT2D eigenvalue weighted by atomic mass is 10.1. The second-order valence-corrected chi connectivity index (χ2v) is 5.74. The Morgan fingerprint density at radius 3 is 2.72 bits per heavy atom. The number of nitrogens with zero attached hydrogens (tertiary/aromatic N) is 1. The second-order valence-electron chi connectivity index (χ2n) is 5.74. The number of hydrogen-bond acceptors (Lipinski definition) is 2. The van der Waals surface area contributed by atoms with Crippen molar-refractivity contribution in [2.24, 2.45) is 0 Å². The average molecular weight is 246 g/mol. The van der Waals surface area contributed by atoms with Crippen molar-refractivity contribution in [2.75, 3.05) is 13.1 Å². The molecule has 0 bridgehead atoms. The summed E-state index contributed by atoms with van der Waals surface area (Å²) in [5.74, 6) is 0. The van der Waals surface area contributed by atoms with Gasteiger partial charge in [0.1, 0.15) is 0 Å². The molecule has 100 valence electrons. The molecule has 0 spiro atoms. The summed E-state index contributed by atoms with van der Waals surface area (Å²) in [7, 11) is 0. The van der Waals surface area contributed by atoms with E-state index in [1.54, 1.807) is 0 Å². The van der Waals surface area contributed by atoms with E-state index in [1.807, 2.05) is 0 Å². The van der Waals surface area contributed by atoms with Crippen LogP contribution in [-0.4, -0.2) is 30.1 Å². The Balaban J connectivity index is 1.99. The summed E-state index contributed by atoms with van der Waals surface area (Å²) in [4.78, 5) is 2.59. The minimum absolute atomic E-state index is 0.604. The molecule has 1 aliphatic rings. The van der Waals surface area contributed by atoms with Gasteiger partial charge in [-0.25, -0.2) is 0 Å². The molecule has 18 heavy (non-hydrogen) atoms. The summed E-state index contributed by atoms with van der Waals surface area (Å²) in [5, 5.41) is 3.60. The van der Waals surface area contributed by atoms with Crippen LogP contribution in [0.2, 0.25) is 0 Å². The van der Waals surface area contributed by atoms with E-state index in [1.165, 1.54) is 37.1 Å². The van der Waals surface area contributed by atoms with Gasteiger partial charge >= 0.3 is 0 Å². The minimum Gasteiger partial charge on any atom is -0.313 e. The fourth-order valence-corrected chi connectivity index (χ4v) is 2.66. The summed E-state index contributed by atoms with van der Waals surface area (Å²) in [6, 6.07) is 10.0. The molecule has 0 saturated carbocycles. The van der Waals surface area contributed by atoms with Crippen molar-refractivity contribution in [1.82, 2.24) is 10.2 Å². The molecule has 0 aromatic heterocycles. The topological polar surface area (TPSA) is 15.3 Å². The number of hydrogen-bond donors (Lipinski definition) is 1. The van der Waals surface area contributed by atoms with Gasteiger partial charge in [0.25, 0.3) is 0 Å². The zero-order valence-corrected chi connectivity index (χ0v) is 11.9. The highest BCUT2D eigenvalue weighted by molar-refractivity contribution is 5.25. The number of aryl methyl sites for hydroxylation is 1. The standard InChI is InChI=1S/C16H26N2/c1-13(2)18(12-16-9-6-10-17-16)11-15-8-5-4-7-14(15)3/h4-5,7-8,13,16-17H,6,9-12H2,1-3H3. The lowest BCUT2D eigenvalue weighted by molar-refractivity contribution is 0.193. The maximum atomic E-state index is 3.60. The predicted octanol–water partition coefficient (Wildman–Crippen LogP) is 2.96. The van der Waals surface area contributed by atoms with Crippen molar-refractivity contribution in [3.8, 4) is 0 Å². The van der Waals surface area contributed by atoms with Crippen LogP contribution in [0.1, 0.15) is 37.8 Å². The third kappa shape index (κ3) is 3.56. The number of nitrogens with one attached hydrogen (secondary N) is 1. The van der Waals surface area contributed by atoms with E-state index < -0.39 is 0 Å². The fourth-order valence-electron chi connectivity index (χ4n) is 2.66. The van der Waals surface area contributed by atoms with E-state index in [2.05, 4.69) is 55.3 Å². The van der Waals surface area contributed by atoms with Crippen molar-refractivity contribution in [3.63, 3.8) is 0 Å². The molecule has 1 aromatic carbocycles. The summed E-state index contributed by atoms with van der Waals surface area (Å²) >= 11 is 0. The Hall–Kier alpha value is -0.860. The van der Waals surface area contributed by atoms with Gasteiger partial charge in [-0.1, -0.05) is 24.3 Å². The molecule has 2 nitrogen and oxygen atoms in total. The van der Waals surface area contributed by atoms with Crippen LogP contribution in [0, 0.1) is 6.92 Å². The molecular formula is C16H26N2. The van der Waals surface area contributed by atoms with Crippen LogP contribution in [0.3, 0.4) is 0 Å². The van der Waals surface area contributed by atoms with E-state index in [0.29, 0.717) is 12.1 Å². The summed E-state index contributed by atoms with van der Waals surface area (Å²) in [6.45, 7) is 10.2. The molecule has 1 N–H and O–H groups in total. The molecule has 0 radical (unpaired) electrons. The molecule has 2 rings (SSSR count). The normalized spacial score (nSPS) is 19.9. The Kier molecular flexibility index (Phi) is 4.79. The lowest BCUT2D eigenvalue weighted by Crippen LogP contribution is -2.40. The van der Waals surface area contributed by atoms with Crippen molar-refractivity contribution >= 4 is 0 Å². The largest absolute Gasteiger partial charge is 0.313 e. The maximum Gasteiger partial charge on any atom is 0.0239 e. The molecule has 0 aliphatic carbocycles. The summed E-state index contributed by atoms with van der Waals surface area (Å²) in [6.07, 6.45) is 2.66. The Morgan fingerprint density at radius 2 is 2.11 bits per heavy atom. The van der Waals surface area contributed by atoms with Gasteiger partial charge in [-0.15, -0.1) is 0 Å². The second kappa shape index (κ2) is 6.35. The minimum atomic E-state index is 0.604. The lowest BCUT2D eigenvalue weighted by Gasteiger charge is -2.30. The zero-order valence-electron chi connectivity index (χ0n) is 11.9. The van der Waals surface area contributed by atoms with Gasteiger partial charge < -0.3 is 5.32 Å². The predicted molar refractivity (Wildman–Crippen MR) is 77.7 cm³/mol. The van der Waals surface area contributed by atoms with Gasteiger partial charge in [0.15, 0.2) is 0 Å². The zero-order chi connectivity index (χ0) is 13.0. The van der Waals surface area contributed by atoms with E-state index in [4.69, 9.17) is 0 Å². The van der Waals surface area contributed by atoms with Crippen molar-refractivity contribution in [3.05, 3.63) is 35.4 Å². The van der Waals surface area contributed by atoms with E-state index >= 15 is 0 Å². The van der Waals surface area contributed by atoms with Gasteiger partial charge in [0, 0.05) is 25.2 Å². The Bertz CT molecular complexity index is 367. The molecule has 1 unspecified atom stereocenters. The van der Waals surface area contributed by atoms with Gasteiger partial charge in [-0.05, 0) is 51.3 Å². The van der Waals surface area contributed by atoms with Gasteiger partial charge in [-0.3, -0.25) is 4.90 Å². The molecule has 1 saturated heterocycles. The first kappa shape index (κ1) is 13.6. The van der Waals surface area contributed by atoms with Crippen LogP contribution in [0.15, 0.2) is 24.3 Å². The number of rotatable bonds is 5. The third-order valence-corrected chi connectivity index (χ3v) is 3.98. The summed E-state index contributed by atoms with van der Waals surface area (Å²) in [5.41, 5.74) is 2.87. The van der Waals surface area contributed by atoms with Gasteiger partial charge in [0.05, 0.1) is 0 Å². The van der Waals surface area contributed by atoms with Crippen LogP contribution < -0.4 is 5.32 Å². The quantitative estimate of drug-likeness (QED) is 0.859. The van der Waals surface area contributed by atoms with Crippen LogP contribution >= 0.6 is 0 Å². The molecule has 1 atom stereocenters. The molecule has 1 fully saturated rings. The average Bonchev–Trinajstić information content (AvgIpc) is 2.83. The molecule has 1 heterocycles. The fraction of sp³-hybridized carbons (Fsp3) is 0.625. The van der Waals surface area contributed by atoms with Gasteiger partial charge in [-0.2, -0.15) is 0 Å².